The molecule has 1 amide bonds. The Hall–Kier alpha value is -1.80. The minimum absolute atomic E-state index is 0.134. The zero-order chi connectivity index (χ0) is 14.9. The molecular weight excluding hydrogens is 282 g/mol. The number of benzene rings is 2. The van der Waals surface area contributed by atoms with Gasteiger partial charge in [0.15, 0.2) is 0 Å². The molecule has 2 aromatic rings. The predicted octanol–water partition coefficient (Wildman–Crippen LogP) is 0.562. The Labute approximate surface area is 116 Å². The first-order valence-corrected chi connectivity index (χ1v) is 7.58. The molecule has 0 saturated carbocycles. The van der Waals surface area contributed by atoms with Gasteiger partial charge >= 0.3 is 16.0 Å². The molecule has 2 rings (SSSR count). The van der Waals surface area contributed by atoms with Gasteiger partial charge in [-0.2, -0.15) is 8.42 Å². The highest BCUT2D eigenvalue weighted by Crippen LogP contribution is 2.22. The van der Waals surface area contributed by atoms with E-state index in [0.717, 1.165) is 10.9 Å². The van der Waals surface area contributed by atoms with Crippen molar-refractivity contribution in [2.75, 3.05) is 6.26 Å². The molecule has 1 N–H and O–H groups in total. The van der Waals surface area contributed by atoms with Crippen LogP contribution in [0, 0.1) is 12.1 Å². The first-order valence-electron chi connectivity index (χ1n) is 5.76. The summed E-state index contributed by atoms with van der Waals surface area (Å²) in [6.45, 7) is 1.81. The molecule has 0 aliphatic rings. The van der Waals surface area contributed by atoms with Gasteiger partial charge < -0.3 is 5.21 Å². The van der Waals surface area contributed by atoms with Gasteiger partial charge in [0, 0.05) is 5.39 Å². The maximum Gasteiger partial charge on any atom is 0.378 e. The average Bonchev–Trinajstić information content (AvgIpc) is 2.35. The van der Waals surface area contributed by atoms with Gasteiger partial charge in [-0.25, -0.2) is 4.79 Å². The number of hydrogen-bond donors (Lipinski definition) is 1. The molecule has 0 saturated heterocycles. The van der Waals surface area contributed by atoms with Crippen molar-refractivity contribution in [3.63, 3.8) is 0 Å². The van der Waals surface area contributed by atoms with Crippen LogP contribution in [0.3, 0.4) is 0 Å². The molecule has 0 aliphatic carbocycles. The summed E-state index contributed by atoms with van der Waals surface area (Å²) in [6, 6.07) is 10.4. The molecule has 2 aromatic carbocycles. The zero-order valence-corrected chi connectivity index (χ0v) is 11.7. The van der Waals surface area contributed by atoms with E-state index in [4.69, 9.17) is 0 Å². The van der Waals surface area contributed by atoms with E-state index >= 15 is 0 Å². The van der Waals surface area contributed by atoms with Crippen LogP contribution in [0.5, 0.6) is 0 Å². The van der Waals surface area contributed by atoms with Crippen LogP contribution >= 0.6 is 0 Å². The van der Waals surface area contributed by atoms with Crippen LogP contribution in [0.25, 0.3) is 10.8 Å². The van der Waals surface area contributed by atoms with E-state index in [0.29, 0.717) is 11.6 Å². The van der Waals surface area contributed by atoms with Crippen LogP contribution in [0.2, 0.25) is 0 Å². The number of quaternary nitrogens is 1. The third kappa shape index (κ3) is 3.02. The van der Waals surface area contributed by atoms with Crippen molar-refractivity contribution in [1.29, 1.82) is 0 Å². The smallest absolute Gasteiger partial charge is 0.378 e. The number of hydrogen-bond acceptors (Lipinski definition) is 5. The second-order valence-electron chi connectivity index (χ2n) is 4.38. The van der Waals surface area contributed by atoms with Gasteiger partial charge in [-0.1, -0.05) is 34.6 Å². The molecule has 0 aromatic heterocycles. The highest BCUT2D eigenvalue weighted by molar-refractivity contribution is 7.85. The van der Waals surface area contributed by atoms with Gasteiger partial charge in [-0.15, -0.1) is 5.23 Å². The molecule has 1 unspecified atom stereocenters. The van der Waals surface area contributed by atoms with E-state index in [1.54, 1.807) is 31.2 Å². The number of hydroxylamine groups is 2. The Morgan fingerprint density at radius 1 is 1.20 bits per heavy atom. The predicted molar refractivity (Wildman–Crippen MR) is 73.3 cm³/mol. The summed E-state index contributed by atoms with van der Waals surface area (Å²) in [4.78, 5) is 12.0. The Balaban J connectivity index is 2.50. The van der Waals surface area contributed by atoms with Gasteiger partial charge in [-0.05, 0) is 23.9 Å². The summed E-state index contributed by atoms with van der Waals surface area (Å²) in [7, 11) is -4.01. The van der Waals surface area contributed by atoms with Gasteiger partial charge in [0.2, 0.25) is 0 Å². The van der Waals surface area contributed by atoms with E-state index in [1.807, 2.05) is 6.07 Å². The number of aryl methyl sites for hydroxylation is 1. The lowest BCUT2D eigenvalue weighted by atomic mass is 10.00. The largest absolute Gasteiger partial charge is 0.591 e. The molecule has 0 bridgehead atoms. The van der Waals surface area contributed by atoms with Gasteiger partial charge in [0.25, 0.3) is 0 Å². The van der Waals surface area contributed by atoms with Crippen molar-refractivity contribution < 1.29 is 22.7 Å². The van der Waals surface area contributed by atoms with Crippen molar-refractivity contribution in [3.05, 3.63) is 52.7 Å². The topological polar surface area (TPSA) is 87.9 Å². The SMILES string of the molecule is Cc1cccc2cccc(C(=O)[NH+]([O-])OS(C)(=O)=O)c12. The lowest BCUT2D eigenvalue weighted by molar-refractivity contribution is -0.947. The van der Waals surface area contributed by atoms with Crippen LogP contribution in [0.1, 0.15) is 15.9 Å². The number of fused-ring (bicyclic) bond motifs is 1. The van der Waals surface area contributed by atoms with E-state index in [-0.39, 0.29) is 5.56 Å². The van der Waals surface area contributed by atoms with Crippen molar-refractivity contribution in [2.45, 2.75) is 6.92 Å². The van der Waals surface area contributed by atoms with Crippen molar-refractivity contribution >= 4 is 26.8 Å². The van der Waals surface area contributed by atoms with E-state index in [2.05, 4.69) is 4.28 Å². The average molecular weight is 295 g/mol. The Kier molecular flexibility index (Phi) is 3.87. The monoisotopic (exact) mass is 295 g/mol. The highest BCUT2D eigenvalue weighted by Gasteiger charge is 2.22. The molecule has 0 fully saturated rings. The molecular formula is C13H13NO5S. The van der Waals surface area contributed by atoms with Crippen molar-refractivity contribution in [3.8, 4) is 0 Å². The van der Waals surface area contributed by atoms with Crippen LogP contribution in [0.4, 0.5) is 0 Å². The number of amides is 1. The summed E-state index contributed by atoms with van der Waals surface area (Å²) in [6.07, 6.45) is 0.715. The quantitative estimate of drug-likeness (QED) is 0.836. The van der Waals surface area contributed by atoms with Crippen LogP contribution < -0.4 is 5.23 Å². The standard InChI is InChI=1S/C13H13NO5S/c1-9-5-3-6-10-7-4-8-11(12(9)10)13(15)14(16)19-20(2,17)18/h3-8,14H,1-2H3. The van der Waals surface area contributed by atoms with Gasteiger partial charge in [-0.3, -0.25) is 0 Å². The number of rotatable bonds is 3. The van der Waals surface area contributed by atoms with E-state index in [9.17, 15) is 18.4 Å². The molecule has 1 atom stereocenters. The Morgan fingerprint density at radius 2 is 1.80 bits per heavy atom. The molecule has 106 valence electrons. The van der Waals surface area contributed by atoms with Gasteiger partial charge in [0.05, 0.1) is 11.8 Å². The fourth-order valence-corrected chi connectivity index (χ4v) is 2.35. The molecule has 0 heterocycles. The van der Waals surface area contributed by atoms with E-state index in [1.165, 1.54) is 6.07 Å². The first-order chi connectivity index (χ1) is 9.29. The fraction of sp³-hybridized carbons (Fsp3) is 0.154. The van der Waals surface area contributed by atoms with Crippen LogP contribution in [-0.2, 0) is 14.4 Å². The fourth-order valence-electron chi connectivity index (χ4n) is 2.00. The number of carbonyl (C=O) groups excluding carboxylic acids is 1. The highest BCUT2D eigenvalue weighted by atomic mass is 32.2. The summed E-state index contributed by atoms with van der Waals surface area (Å²) in [5, 5.41) is 11.6. The normalized spacial score (nSPS) is 13.3. The minimum atomic E-state index is -4.01. The maximum absolute atomic E-state index is 12.0. The Morgan fingerprint density at radius 3 is 2.40 bits per heavy atom. The lowest BCUT2D eigenvalue weighted by Crippen LogP contribution is -3.09. The molecule has 7 heteroatoms. The molecule has 0 aliphatic heterocycles. The lowest BCUT2D eigenvalue weighted by Gasteiger charge is -2.16. The van der Waals surface area contributed by atoms with Crippen molar-refractivity contribution in [2.24, 2.45) is 0 Å². The molecule has 0 radical (unpaired) electrons. The third-order valence-corrected chi connectivity index (χ3v) is 3.22. The molecule has 20 heavy (non-hydrogen) atoms. The minimum Gasteiger partial charge on any atom is -0.591 e. The van der Waals surface area contributed by atoms with Crippen molar-refractivity contribution in [1.82, 2.24) is 0 Å². The second kappa shape index (κ2) is 5.29. The van der Waals surface area contributed by atoms with E-state index < -0.39 is 21.3 Å². The number of carbonyl (C=O) groups is 1. The number of nitrogens with one attached hydrogen (secondary N) is 1. The summed E-state index contributed by atoms with van der Waals surface area (Å²) in [5.74, 6) is -0.977. The first kappa shape index (κ1) is 14.6. The maximum atomic E-state index is 12.0. The van der Waals surface area contributed by atoms with Crippen LogP contribution in [-0.4, -0.2) is 20.6 Å². The molecule has 0 spiro atoms. The third-order valence-electron chi connectivity index (χ3n) is 2.77. The van der Waals surface area contributed by atoms with Gasteiger partial charge in [0.1, 0.15) is 0 Å². The zero-order valence-electron chi connectivity index (χ0n) is 10.9. The summed E-state index contributed by atoms with van der Waals surface area (Å²) in [5.41, 5.74) is 0.952. The Bertz CT molecular complexity index is 764. The summed E-state index contributed by atoms with van der Waals surface area (Å²) >= 11 is 0. The second-order valence-corrected chi connectivity index (χ2v) is 5.96. The van der Waals surface area contributed by atoms with Crippen LogP contribution in [0.15, 0.2) is 36.4 Å². The molecule has 6 nitrogen and oxygen atoms in total. The summed E-state index contributed by atoms with van der Waals surface area (Å²) < 4.78 is 26.0.